The maximum Gasteiger partial charge on any atom is 0.145 e. The summed E-state index contributed by atoms with van der Waals surface area (Å²) in [6.07, 6.45) is 7.28. The van der Waals surface area contributed by atoms with Crippen molar-refractivity contribution in [1.82, 2.24) is 4.98 Å². The second-order valence-electron chi connectivity index (χ2n) is 7.06. The Morgan fingerprint density at radius 1 is 1.12 bits per heavy atom. The molecule has 1 saturated heterocycles. The third kappa shape index (κ3) is 4.68. The number of pyridine rings is 1. The number of quaternary nitrogens is 1. The molecule has 138 valence electrons. The molecule has 1 aliphatic rings. The van der Waals surface area contributed by atoms with Crippen LogP contribution in [-0.4, -0.2) is 34.5 Å². The molecule has 0 radical (unpaired) electrons. The van der Waals surface area contributed by atoms with Gasteiger partial charge in [0.05, 0.1) is 31.9 Å². The summed E-state index contributed by atoms with van der Waals surface area (Å²) in [5.74, 6) is 0.0835. The van der Waals surface area contributed by atoms with Crippen LogP contribution in [0.1, 0.15) is 47.2 Å². The lowest BCUT2D eigenvalue weighted by molar-refractivity contribution is -0.918. The van der Waals surface area contributed by atoms with E-state index in [1.165, 1.54) is 37.9 Å². The van der Waals surface area contributed by atoms with Crippen molar-refractivity contribution in [3.05, 3.63) is 58.4 Å². The number of nitrogens with zero attached hydrogens (tertiary/aromatic N) is 2. The number of aliphatic hydroxyl groups excluding tert-OH is 1. The van der Waals surface area contributed by atoms with E-state index < -0.39 is 0 Å². The highest BCUT2D eigenvalue weighted by atomic mass is 16.3. The lowest BCUT2D eigenvalue weighted by Gasteiger charge is -2.23. The van der Waals surface area contributed by atoms with Crippen LogP contribution in [0.15, 0.2) is 35.5 Å². The maximum absolute atomic E-state index is 10.1. The van der Waals surface area contributed by atoms with Crippen LogP contribution in [0.4, 0.5) is 0 Å². The normalized spacial score (nSPS) is 15.6. The first-order chi connectivity index (χ1) is 12.7. The Balaban J connectivity index is 1.61. The van der Waals surface area contributed by atoms with Crippen molar-refractivity contribution in [3.63, 3.8) is 0 Å². The molecule has 5 nitrogen and oxygen atoms in total. The second-order valence-corrected chi connectivity index (χ2v) is 7.06. The third-order valence-electron chi connectivity index (χ3n) is 5.06. The van der Waals surface area contributed by atoms with E-state index in [-0.39, 0.29) is 12.4 Å². The van der Waals surface area contributed by atoms with Gasteiger partial charge in [-0.25, -0.2) is 0 Å². The number of piperidine rings is 1. The van der Waals surface area contributed by atoms with E-state index in [0.29, 0.717) is 23.4 Å². The van der Waals surface area contributed by atoms with Gasteiger partial charge in [-0.1, -0.05) is 24.3 Å². The molecular formula is C21H28N3O2+. The molecule has 0 atom stereocenters. The summed E-state index contributed by atoms with van der Waals surface area (Å²) < 4.78 is 0. The molecule has 0 spiro atoms. The summed E-state index contributed by atoms with van der Waals surface area (Å²) in [5, 5.41) is 19.5. The second kappa shape index (κ2) is 8.92. The Kier molecular flexibility index (Phi) is 6.36. The molecule has 1 aromatic carbocycles. The van der Waals surface area contributed by atoms with Crippen LogP contribution in [0.3, 0.4) is 0 Å². The molecule has 3 rings (SSSR count). The monoisotopic (exact) mass is 354 g/mol. The summed E-state index contributed by atoms with van der Waals surface area (Å²) >= 11 is 0. The fraction of sp³-hybridized carbons (Fsp3) is 0.429. The number of benzene rings is 1. The summed E-state index contributed by atoms with van der Waals surface area (Å²) in [6.45, 7) is 5.78. The van der Waals surface area contributed by atoms with Crippen molar-refractivity contribution in [1.29, 1.82) is 0 Å². The number of aryl methyl sites for hydroxylation is 1. The molecule has 1 aliphatic heterocycles. The summed E-state index contributed by atoms with van der Waals surface area (Å²) in [7, 11) is 0. The van der Waals surface area contributed by atoms with Crippen LogP contribution < -0.4 is 4.90 Å². The van der Waals surface area contributed by atoms with Crippen molar-refractivity contribution in [2.24, 2.45) is 4.99 Å². The molecule has 1 fully saturated rings. The Bertz CT molecular complexity index is 751. The van der Waals surface area contributed by atoms with Gasteiger partial charge in [0.15, 0.2) is 0 Å². The minimum absolute atomic E-state index is 0.0835. The van der Waals surface area contributed by atoms with Gasteiger partial charge in [-0.15, -0.1) is 0 Å². The molecule has 1 aromatic heterocycles. The van der Waals surface area contributed by atoms with Crippen LogP contribution in [0.25, 0.3) is 0 Å². The van der Waals surface area contributed by atoms with Crippen molar-refractivity contribution in [3.8, 4) is 5.75 Å². The van der Waals surface area contributed by atoms with Crippen LogP contribution in [0, 0.1) is 6.92 Å². The lowest BCUT2D eigenvalue weighted by atomic mass is 10.1. The quantitative estimate of drug-likeness (QED) is 0.693. The maximum atomic E-state index is 10.1. The van der Waals surface area contributed by atoms with Gasteiger partial charge in [-0.3, -0.25) is 9.98 Å². The first-order valence-electron chi connectivity index (χ1n) is 9.37. The lowest BCUT2D eigenvalue weighted by Crippen LogP contribution is -3.11. The van der Waals surface area contributed by atoms with Crippen molar-refractivity contribution in [2.75, 3.05) is 13.1 Å². The van der Waals surface area contributed by atoms with Gasteiger partial charge in [0.1, 0.15) is 12.3 Å². The Labute approximate surface area is 155 Å². The van der Waals surface area contributed by atoms with Gasteiger partial charge in [0.2, 0.25) is 0 Å². The van der Waals surface area contributed by atoms with E-state index in [0.717, 1.165) is 12.1 Å². The highest BCUT2D eigenvalue weighted by Gasteiger charge is 2.13. The Hall–Kier alpha value is -2.24. The van der Waals surface area contributed by atoms with Crippen LogP contribution in [0.2, 0.25) is 0 Å². The van der Waals surface area contributed by atoms with E-state index >= 15 is 0 Å². The predicted octanol–water partition coefficient (Wildman–Crippen LogP) is 1.78. The van der Waals surface area contributed by atoms with Gasteiger partial charge in [-0.05, 0) is 31.7 Å². The first kappa shape index (κ1) is 18.5. The number of nitrogens with one attached hydrogen (secondary N) is 1. The standard InChI is InChI=1S/C21H27N3O2/c1-16-21(26)20(19(15-25)12-23-16)13-22-11-17-5-7-18(8-6-17)14-24-9-3-2-4-10-24/h5-8,12-13,25-26H,2-4,9-11,14-15H2,1H3/p+1. The van der Waals surface area contributed by atoms with Gasteiger partial charge in [-0.2, -0.15) is 0 Å². The van der Waals surface area contributed by atoms with E-state index in [1.807, 2.05) is 0 Å². The third-order valence-corrected chi connectivity index (χ3v) is 5.06. The zero-order valence-electron chi connectivity index (χ0n) is 15.4. The largest absolute Gasteiger partial charge is 0.505 e. The fourth-order valence-corrected chi connectivity index (χ4v) is 3.44. The zero-order valence-corrected chi connectivity index (χ0v) is 15.4. The Morgan fingerprint density at radius 2 is 1.81 bits per heavy atom. The molecule has 0 aliphatic carbocycles. The number of hydrogen-bond donors (Lipinski definition) is 3. The zero-order chi connectivity index (χ0) is 18.4. The SMILES string of the molecule is Cc1ncc(CO)c(C=NCc2ccc(C[NH+]3CCCCC3)cc2)c1O. The molecule has 3 N–H and O–H groups in total. The molecule has 2 aromatic rings. The predicted molar refractivity (Wildman–Crippen MR) is 103 cm³/mol. The highest BCUT2D eigenvalue weighted by molar-refractivity contribution is 5.85. The fourth-order valence-electron chi connectivity index (χ4n) is 3.44. The first-order valence-corrected chi connectivity index (χ1v) is 9.37. The van der Waals surface area contributed by atoms with Crippen LogP contribution >= 0.6 is 0 Å². The van der Waals surface area contributed by atoms with Gasteiger partial charge >= 0.3 is 0 Å². The molecule has 5 heteroatoms. The van der Waals surface area contributed by atoms with Crippen LogP contribution in [0.5, 0.6) is 5.75 Å². The van der Waals surface area contributed by atoms with Gasteiger partial charge in [0.25, 0.3) is 0 Å². The van der Waals surface area contributed by atoms with Gasteiger partial charge < -0.3 is 15.1 Å². The summed E-state index contributed by atoms with van der Waals surface area (Å²) in [4.78, 5) is 10.2. The van der Waals surface area contributed by atoms with E-state index in [9.17, 15) is 10.2 Å². The van der Waals surface area contributed by atoms with E-state index in [2.05, 4.69) is 34.2 Å². The van der Waals surface area contributed by atoms with E-state index in [4.69, 9.17) is 0 Å². The minimum Gasteiger partial charge on any atom is -0.505 e. The Morgan fingerprint density at radius 3 is 2.50 bits per heavy atom. The minimum atomic E-state index is -0.171. The van der Waals surface area contributed by atoms with Crippen LogP contribution in [-0.2, 0) is 19.7 Å². The van der Waals surface area contributed by atoms with Crippen molar-refractivity contribution >= 4 is 6.21 Å². The number of likely N-dealkylation sites (tertiary alicyclic amines) is 1. The average molecular weight is 354 g/mol. The topological polar surface area (TPSA) is 70.2 Å². The molecule has 0 bridgehead atoms. The van der Waals surface area contributed by atoms with Crippen molar-refractivity contribution in [2.45, 2.75) is 45.9 Å². The molecular weight excluding hydrogens is 326 g/mol. The molecule has 26 heavy (non-hydrogen) atoms. The molecule has 0 saturated carbocycles. The smallest absolute Gasteiger partial charge is 0.145 e. The number of hydrogen-bond acceptors (Lipinski definition) is 4. The number of aromatic nitrogens is 1. The number of aromatic hydroxyl groups is 1. The summed E-state index contributed by atoms with van der Waals surface area (Å²) in [5.41, 5.74) is 4.17. The van der Waals surface area contributed by atoms with E-state index in [1.54, 1.807) is 24.2 Å². The average Bonchev–Trinajstić information content (AvgIpc) is 2.67. The number of aliphatic imine (C=N–C) groups is 1. The van der Waals surface area contributed by atoms with Gasteiger partial charge in [0, 0.05) is 29.1 Å². The van der Waals surface area contributed by atoms with Crippen molar-refractivity contribution < 1.29 is 15.1 Å². The molecule has 0 unspecified atom stereocenters. The number of rotatable bonds is 6. The highest BCUT2D eigenvalue weighted by Crippen LogP contribution is 2.22. The molecule has 2 heterocycles. The summed E-state index contributed by atoms with van der Waals surface area (Å²) in [6, 6.07) is 8.64. The molecule has 0 amide bonds. The number of aliphatic hydroxyl groups is 1.